The van der Waals surface area contributed by atoms with Crippen molar-refractivity contribution in [2.75, 3.05) is 13.6 Å². The highest BCUT2D eigenvalue weighted by Gasteiger charge is 2.36. The molecule has 0 bridgehead atoms. The monoisotopic (exact) mass is 504 g/mol. The first kappa shape index (κ1) is 25.0. The van der Waals surface area contributed by atoms with E-state index in [-0.39, 0.29) is 18.3 Å². The van der Waals surface area contributed by atoms with Crippen LogP contribution < -0.4 is 10.6 Å². The van der Waals surface area contributed by atoms with Gasteiger partial charge in [0.05, 0.1) is 22.0 Å². The first-order valence-electron chi connectivity index (χ1n) is 11.3. The van der Waals surface area contributed by atoms with Crippen LogP contribution in [-0.4, -0.2) is 48.5 Å². The lowest BCUT2D eigenvalue weighted by molar-refractivity contribution is 0.0629. The largest absolute Gasteiger partial charge is 0.388 e. The summed E-state index contributed by atoms with van der Waals surface area (Å²) in [7, 11) is 1.74. The van der Waals surface area contributed by atoms with Crippen LogP contribution in [0.2, 0.25) is 0 Å². The van der Waals surface area contributed by atoms with Crippen LogP contribution in [0, 0.1) is 18.2 Å². The molecule has 36 heavy (non-hydrogen) atoms. The molecule has 0 aliphatic carbocycles. The number of fused-ring (bicyclic) bond motifs is 1. The van der Waals surface area contributed by atoms with Crippen molar-refractivity contribution in [3.63, 3.8) is 0 Å². The molecule has 0 unspecified atom stereocenters. The van der Waals surface area contributed by atoms with E-state index >= 15 is 0 Å². The van der Waals surface area contributed by atoms with Crippen molar-refractivity contribution in [3.05, 3.63) is 98.5 Å². The van der Waals surface area contributed by atoms with Gasteiger partial charge < -0.3 is 16.0 Å². The van der Waals surface area contributed by atoms with Crippen LogP contribution in [0.15, 0.2) is 60.7 Å². The summed E-state index contributed by atoms with van der Waals surface area (Å²) in [5, 5.41) is 13.3. The van der Waals surface area contributed by atoms with Crippen LogP contribution in [0.3, 0.4) is 0 Å². The Morgan fingerprint density at radius 3 is 2.33 bits per heavy atom. The number of nitrogens with zero attached hydrogens (tertiary/aromatic N) is 1. The first-order chi connectivity index (χ1) is 17.3. The van der Waals surface area contributed by atoms with Gasteiger partial charge in [-0.25, -0.2) is 4.39 Å². The summed E-state index contributed by atoms with van der Waals surface area (Å²) in [6, 6.07) is 13.7. The quantitative estimate of drug-likeness (QED) is 0.302. The SMILES string of the molecule is CN/C(=C\C=N)c1cc(C(=O)N[C@@H](Cc2ccc(F)cc2)CN2C(=O)c3ccccc3C2=O)sc1C. The maximum Gasteiger partial charge on any atom is 0.261 e. The molecule has 3 N–H and O–H groups in total. The van der Waals surface area contributed by atoms with E-state index in [0.717, 1.165) is 20.9 Å². The average Bonchev–Trinajstić information content (AvgIpc) is 3.37. The Hall–Kier alpha value is -4.11. The van der Waals surface area contributed by atoms with Gasteiger partial charge in [-0.1, -0.05) is 24.3 Å². The normalized spacial score (nSPS) is 14.0. The van der Waals surface area contributed by atoms with E-state index in [0.29, 0.717) is 28.1 Å². The van der Waals surface area contributed by atoms with E-state index in [1.54, 1.807) is 55.6 Å². The predicted octanol–water partition coefficient (Wildman–Crippen LogP) is 4.04. The van der Waals surface area contributed by atoms with Crippen LogP contribution in [0.25, 0.3) is 5.70 Å². The van der Waals surface area contributed by atoms with Crippen LogP contribution in [-0.2, 0) is 6.42 Å². The number of hydrogen-bond acceptors (Lipinski definition) is 6. The molecule has 0 spiro atoms. The van der Waals surface area contributed by atoms with Gasteiger partial charge in [-0.15, -0.1) is 11.3 Å². The van der Waals surface area contributed by atoms with E-state index < -0.39 is 17.9 Å². The average molecular weight is 505 g/mol. The highest BCUT2D eigenvalue weighted by molar-refractivity contribution is 7.14. The Bertz CT molecular complexity index is 1330. The second-order valence-corrected chi connectivity index (χ2v) is 9.60. The van der Waals surface area contributed by atoms with Crippen LogP contribution >= 0.6 is 11.3 Å². The lowest BCUT2D eigenvalue weighted by atomic mass is 10.0. The van der Waals surface area contributed by atoms with Gasteiger partial charge in [0.25, 0.3) is 17.7 Å². The maximum absolute atomic E-state index is 13.4. The summed E-state index contributed by atoms with van der Waals surface area (Å²) in [6.45, 7) is 1.86. The number of amides is 3. The number of hydrogen-bond donors (Lipinski definition) is 3. The molecule has 1 aromatic heterocycles. The van der Waals surface area contributed by atoms with Gasteiger partial charge in [-0.3, -0.25) is 19.3 Å². The lowest BCUT2D eigenvalue weighted by Gasteiger charge is -2.24. The van der Waals surface area contributed by atoms with Crippen molar-refractivity contribution >= 4 is 41.0 Å². The van der Waals surface area contributed by atoms with Crippen molar-refractivity contribution in [1.29, 1.82) is 5.41 Å². The molecule has 0 radical (unpaired) electrons. The van der Waals surface area contributed by atoms with Gasteiger partial charge in [0.15, 0.2) is 0 Å². The molecule has 0 saturated carbocycles. The third kappa shape index (κ3) is 5.11. The number of rotatable bonds is 9. The van der Waals surface area contributed by atoms with E-state index in [2.05, 4.69) is 10.6 Å². The van der Waals surface area contributed by atoms with Gasteiger partial charge in [0.2, 0.25) is 0 Å². The minimum atomic E-state index is -0.600. The number of carbonyl (C=O) groups is 3. The molecule has 184 valence electrons. The third-order valence-corrected chi connectivity index (χ3v) is 7.01. The van der Waals surface area contributed by atoms with Crippen LogP contribution in [0.5, 0.6) is 0 Å². The van der Waals surface area contributed by atoms with Crippen LogP contribution in [0.4, 0.5) is 4.39 Å². The number of halogens is 1. The molecular formula is C27H25FN4O3S. The molecule has 9 heteroatoms. The molecule has 4 rings (SSSR count). The fourth-order valence-electron chi connectivity index (χ4n) is 4.20. The molecule has 0 saturated heterocycles. The van der Waals surface area contributed by atoms with E-state index in [9.17, 15) is 18.8 Å². The topological polar surface area (TPSA) is 102 Å². The van der Waals surface area contributed by atoms with E-state index in [4.69, 9.17) is 5.41 Å². The molecule has 3 aromatic rings. The Morgan fingerprint density at radius 1 is 1.11 bits per heavy atom. The number of aryl methyl sites for hydroxylation is 1. The number of carbonyl (C=O) groups excluding carboxylic acids is 3. The summed E-state index contributed by atoms with van der Waals surface area (Å²) in [4.78, 5) is 41.6. The van der Waals surface area contributed by atoms with Crippen molar-refractivity contribution in [2.24, 2.45) is 0 Å². The standard InChI is InChI=1S/C27H25FN4O3S/c1-16-22(23(30-2)11-12-29)14-24(36-16)25(33)31-19(13-17-7-9-18(28)10-8-17)15-32-26(34)20-5-3-4-6-21(20)27(32)35/h3-12,14,19,29-30H,13,15H2,1-2H3,(H,31,33)/b23-11-,29-12?/t19-/m0/s1. The minimum Gasteiger partial charge on any atom is -0.388 e. The predicted molar refractivity (Wildman–Crippen MR) is 138 cm³/mol. The molecule has 7 nitrogen and oxygen atoms in total. The first-order valence-corrected chi connectivity index (χ1v) is 12.1. The molecule has 0 fully saturated rings. The number of thiophene rings is 1. The molecule has 3 amide bonds. The Balaban J connectivity index is 1.59. The molecule has 2 heterocycles. The molecular weight excluding hydrogens is 479 g/mol. The van der Waals surface area contributed by atoms with E-state index in [1.165, 1.54) is 29.7 Å². The smallest absolute Gasteiger partial charge is 0.261 e. The number of allylic oxidation sites excluding steroid dienone is 1. The fraction of sp³-hybridized carbons (Fsp3) is 0.185. The maximum atomic E-state index is 13.4. The van der Waals surface area contributed by atoms with Crippen molar-refractivity contribution < 1.29 is 18.8 Å². The Kier molecular flexibility index (Phi) is 7.40. The minimum absolute atomic E-state index is 0.0256. The summed E-state index contributed by atoms with van der Waals surface area (Å²) >= 11 is 1.31. The van der Waals surface area contributed by atoms with Gasteiger partial charge >= 0.3 is 0 Å². The molecule has 1 aliphatic heterocycles. The summed E-state index contributed by atoms with van der Waals surface area (Å²) in [5.74, 6) is -1.53. The second-order valence-electron chi connectivity index (χ2n) is 8.34. The van der Waals surface area contributed by atoms with Gasteiger partial charge in [0.1, 0.15) is 5.82 Å². The fourth-order valence-corrected chi connectivity index (χ4v) is 5.14. The molecule has 1 atom stereocenters. The number of nitrogens with one attached hydrogen (secondary N) is 3. The summed E-state index contributed by atoms with van der Waals surface area (Å²) < 4.78 is 13.4. The van der Waals surface area contributed by atoms with E-state index in [1.807, 2.05) is 6.92 Å². The van der Waals surface area contributed by atoms with Crippen LogP contribution in [0.1, 0.15) is 46.4 Å². The van der Waals surface area contributed by atoms with Crippen molar-refractivity contribution in [3.8, 4) is 0 Å². The van der Waals surface area contributed by atoms with Crippen molar-refractivity contribution in [2.45, 2.75) is 19.4 Å². The van der Waals surface area contributed by atoms with Gasteiger partial charge in [0, 0.05) is 35.9 Å². The van der Waals surface area contributed by atoms with Gasteiger partial charge in [-0.2, -0.15) is 0 Å². The third-order valence-electron chi connectivity index (χ3n) is 5.96. The summed E-state index contributed by atoms with van der Waals surface area (Å²) in [5.41, 5.74) is 2.96. The Labute approximate surface area is 212 Å². The summed E-state index contributed by atoms with van der Waals surface area (Å²) in [6.07, 6.45) is 3.08. The zero-order valence-corrected chi connectivity index (χ0v) is 20.6. The van der Waals surface area contributed by atoms with Gasteiger partial charge in [-0.05, 0) is 55.3 Å². The highest BCUT2D eigenvalue weighted by Crippen LogP contribution is 2.27. The zero-order valence-electron chi connectivity index (χ0n) is 19.8. The second kappa shape index (κ2) is 10.7. The molecule has 1 aliphatic rings. The number of benzene rings is 2. The van der Waals surface area contributed by atoms with Crippen molar-refractivity contribution in [1.82, 2.24) is 15.5 Å². The zero-order chi connectivity index (χ0) is 25.8. The Morgan fingerprint density at radius 2 is 1.75 bits per heavy atom. The lowest BCUT2D eigenvalue weighted by Crippen LogP contribution is -2.46. The number of imide groups is 1. The molecule has 2 aromatic carbocycles. The highest BCUT2D eigenvalue weighted by atomic mass is 32.1.